The fourth-order valence-corrected chi connectivity index (χ4v) is 1.12. The van der Waals surface area contributed by atoms with Crippen molar-refractivity contribution in [3.63, 3.8) is 0 Å². The van der Waals surface area contributed by atoms with E-state index in [9.17, 15) is 9.59 Å². The van der Waals surface area contributed by atoms with Gasteiger partial charge in [-0.05, 0) is 6.08 Å². The van der Waals surface area contributed by atoms with E-state index in [0.29, 0.717) is 12.7 Å². The third kappa shape index (κ3) is 2.66. The minimum atomic E-state index is -0.837. The van der Waals surface area contributed by atoms with E-state index in [4.69, 9.17) is 9.47 Å². The van der Waals surface area contributed by atoms with Crippen molar-refractivity contribution in [2.45, 2.75) is 32.2 Å². The van der Waals surface area contributed by atoms with Gasteiger partial charge < -0.3 is 9.47 Å². The molecular weight excluding hydrogens is 172 g/mol. The van der Waals surface area contributed by atoms with Crippen LogP contribution in [0.1, 0.15) is 20.3 Å². The monoisotopic (exact) mass is 184 g/mol. The number of carbonyl (C=O) groups is 2. The summed E-state index contributed by atoms with van der Waals surface area (Å²) in [4.78, 5) is 21.1. The second kappa shape index (κ2) is 3.70. The van der Waals surface area contributed by atoms with Crippen molar-refractivity contribution in [1.29, 1.82) is 0 Å². The van der Waals surface area contributed by atoms with Crippen molar-refractivity contribution >= 4 is 12.3 Å². The van der Waals surface area contributed by atoms with Gasteiger partial charge in [0.05, 0.1) is 0 Å². The molecule has 72 valence electrons. The molecule has 0 spiro atoms. The molecule has 1 heterocycles. The molecule has 0 radical (unpaired) electrons. The largest absolute Gasteiger partial charge is 0.432 e. The Hall–Kier alpha value is -1.16. The summed E-state index contributed by atoms with van der Waals surface area (Å²) in [5.41, 5.74) is 0. The minimum Gasteiger partial charge on any atom is -0.432 e. The second-order valence-corrected chi connectivity index (χ2v) is 3.23. The maximum Gasteiger partial charge on any atom is 0.338 e. The maximum absolute atomic E-state index is 11.1. The Bertz CT molecular complexity index is 242. The van der Waals surface area contributed by atoms with Crippen LogP contribution in [-0.2, 0) is 19.1 Å². The fraction of sp³-hybridized carbons (Fsp3) is 0.556. The number of esters is 1. The molecule has 0 N–H and O–H groups in total. The van der Waals surface area contributed by atoms with Crippen LogP contribution in [0.2, 0.25) is 0 Å². The van der Waals surface area contributed by atoms with Gasteiger partial charge in [-0.15, -0.1) is 0 Å². The Kier molecular flexibility index (Phi) is 2.83. The Morgan fingerprint density at radius 2 is 2.23 bits per heavy atom. The molecule has 1 aliphatic heterocycles. The Morgan fingerprint density at radius 1 is 1.54 bits per heavy atom. The summed E-state index contributed by atoms with van der Waals surface area (Å²) in [5.74, 6) is -1.21. The lowest BCUT2D eigenvalue weighted by atomic mass is 10.2. The first-order valence-corrected chi connectivity index (χ1v) is 4.06. The summed E-state index contributed by atoms with van der Waals surface area (Å²) in [6, 6.07) is 0. The number of hydrogen-bond acceptors (Lipinski definition) is 4. The van der Waals surface area contributed by atoms with Crippen molar-refractivity contribution in [3.8, 4) is 0 Å². The van der Waals surface area contributed by atoms with E-state index in [1.807, 2.05) is 0 Å². The third-order valence-electron chi connectivity index (χ3n) is 1.60. The molecule has 4 nitrogen and oxygen atoms in total. The zero-order chi connectivity index (χ0) is 9.90. The zero-order valence-corrected chi connectivity index (χ0v) is 7.65. The van der Waals surface area contributed by atoms with Gasteiger partial charge in [0.15, 0.2) is 6.10 Å². The molecule has 13 heavy (non-hydrogen) atoms. The summed E-state index contributed by atoms with van der Waals surface area (Å²) >= 11 is 0. The lowest BCUT2D eigenvalue weighted by Gasteiger charge is -2.14. The second-order valence-electron chi connectivity index (χ2n) is 3.23. The topological polar surface area (TPSA) is 52.6 Å². The molecule has 0 aromatic rings. The lowest BCUT2D eigenvalue weighted by molar-refractivity contribution is -0.160. The lowest BCUT2D eigenvalue weighted by Crippen LogP contribution is -2.21. The standard InChI is InChI=1S/C9H12O4/c1-9(2)12-7(8(11)13-9)5-3-4-6-10/h3-4,6-7H,5H2,1-2H3/b4-3+. The first kappa shape index (κ1) is 9.92. The summed E-state index contributed by atoms with van der Waals surface area (Å²) in [6.45, 7) is 3.35. The Balaban J connectivity index is 2.49. The van der Waals surface area contributed by atoms with Crippen molar-refractivity contribution in [1.82, 2.24) is 0 Å². The number of ether oxygens (including phenoxy) is 2. The number of aldehydes is 1. The van der Waals surface area contributed by atoms with Crippen LogP contribution in [0, 0.1) is 0 Å². The van der Waals surface area contributed by atoms with Crippen LogP contribution in [0.25, 0.3) is 0 Å². The van der Waals surface area contributed by atoms with Gasteiger partial charge >= 0.3 is 5.97 Å². The molecule has 0 aliphatic carbocycles. The quantitative estimate of drug-likeness (QED) is 0.370. The highest BCUT2D eigenvalue weighted by molar-refractivity contribution is 5.77. The molecule has 1 fully saturated rings. The average Bonchev–Trinajstić information content (AvgIpc) is 2.25. The van der Waals surface area contributed by atoms with Crippen LogP contribution in [0.5, 0.6) is 0 Å². The summed E-state index contributed by atoms with van der Waals surface area (Å²) in [7, 11) is 0. The van der Waals surface area contributed by atoms with E-state index >= 15 is 0 Å². The predicted octanol–water partition coefficient (Wildman–Crippen LogP) is 0.810. The smallest absolute Gasteiger partial charge is 0.338 e. The zero-order valence-electron chi connectivity index (χ0n) is 7.65. The molecule has 0 bridgehead atoms. The predicted molar refractivity (Wildman–Crippen MR) is 44.9 cm³/mol. The first-order chi connectivity index (χ1) is 6.05. The summed E-state index contributed by atoms with van der Waals surface area (Å²) in [6.07, 6.45) is 3.38. The number of rotatable bonds is 3. The van der Waals surface area contributed by atoms with Crippen molar-refractivity contribution in [3.05, 3.63) is 12.2 Å². The summed E-state index contributed by atoms with van der Waals surface area (Å²) < 4.78 is 10.2. The van der Waals surface area contributed by atoms with Crippen LogP contribution in [-0.4, -0.2) is 24.1 Å². The molecule has 0 amide bonds. The normalized spacial score (nSPS) is 26.3. The third-order valence-corrected chi connectivity index (χ3v) is 1.60. The molecule has 0 aromatic carbocycles. The van der Waals surface area contributed by atoms with Crippen LogP contribution in [0.3, 0.4) is 0 Å². The number of allylic oxidation sites excluding steroid dienone is 1. The van der Waals surface area contributed by atoms with E-state index < -0.39 is 11.9 Å². The highest BCUT2D eigenvalue weighted by Crippen LogP contribution is 2.25. The fourth-order valence-electron chi connectivity index (χ4n) is 1.12. The van der Waals surface area contributed by atoms with Gasteiger partial charge in [-0.3, -0.25) is 4.79 Å². The first-order valence-electron chi connectivity index (χ1n) is 4.06. The minimum absolute atomic E-state index is 0.374. The van der Waals surface area contributed by atoms with Crippen LogP contribution in [0.15, 0.2) is 12.2 Å². The molecule has 1 saturated heterocycles. The number of cyclic esters (lactones) is 1. The van der Waals surface area contributed by atoms with Gasteiger partial charge in [-0.2, -0.15) is 0 Å². The highest BCUT2D eigenvalue weighted by Gasteiger charge is 2.39. The van der Waals surface area contributed by atoms with Crippen molar-refractivity contribution < 1.29 is 19.1 Å². The molecule has 1 aliphatic rings. The van der Waals surface area contributed by atoms with Gasteiger partial charge in [-0.1, -0.05) is 6.08 Å². The molecule has 1 rings (SSSR count). The van der Waals surface area contributed by atoms with E-state index in [-0.39, 0.29) is 5.97 Å². The summed E-state index contributed by atoms with van der Waals surface area (Å²) in [5, 5.41) is 0. The van der Waals surface area contributed by atoms with Crippen LogP contribution >= 0.6 is 0 Å². The van der Waals surface area contributed by atoms with Gasteiger partial charge in [-0.25, -0.2) is 4.79 Å². The number of hydrogen-bond donors (Lipinski definition) is 0. The molecule has 4 heteroatoms. The van der Waals surface area contributed by atoms with E-state index in [1.165, 1.54) is 6.08 Å². The average molecular weight is 184 g/mol. The SMILES string of the molecule is CC1(C)OC(=O)C(C/C=C/C=O)O1. The van der Waals surface area contributed by atoms with E-state index in [1.54, 1.807) is 19.9 Å². The Labute approximate surface area is 76.5 Å². The van der Waals surface area contributed by atoms with Crippen LogP contribution < -0.4 is 0 Å². The molecule has 1 atom stereocenters. The number of carbonyl (C=O) groups excluding carboxylic acids is 2. The van der Waals surface area contributed by atoms with Crippen LogP contribution in [0.4, 0.5) is 0 Å². The maximum atomic E-state index is 11.1. The van der Waals surface area contributed by atoms with Gasteiger partial charge in [0, 0.05) is 20.3 Å². The van der Waals surface area contributed by atoms with Crippen molar-refractivity contribution in [2.75, 3.05) is 0 Å². The molecule has 0 saturated carbocycles. The molecule has 1 unspecified atom stereocenters. The van der Waals surface area contributed by atoms with E-state index in [2.05, 4.69) is 0 Å². The van der Waals surface area contributed by atoms with Gasteiger partial charge in [0.25, 0.3) is 0 Å². The van der Waals surface area contributed by atoms with Gasteiger partial charge in [0.2, 0.25) is 5.79 Å². The molecular formula is C9H12O4. The Morgan fingerprint density at radius 3 is 2.69 bits per heavy atom. The highest BCUT2D eigenvalue weighted by atomic mass is 16.8. The van der Waals surface area contributed by atoms with E-state index in [0.717, 1.165) is 0 Å². The molecule has 0 aromatic heterocycles. The van der Waals surface area contributed by atoms with Crippen molar-refractivity contribution in [2.24, 2.45) is 0 Å². The van der Waals surface area contributed by atoms with Gasteiger partial charge in [0.1, 0.15) is 6.29 Å².